The van der Waals surface area contributed by atoms with E-state index in [2.05, 4.69) is 11.4 Å². The van der Waals surface area contributed by atoms with Crippen molar-refractivity contribution in [1.29, 1.82) is 5.26 Å². The minimum Gasteiger partial charge on any atom is -0.348 e. The van der Waals surface area contributed by atoms with Crippen LogP contribution in [0.2, 0.25) is 0 Å². The van der Waals surface area contributed by atoms with Gasteiger partial charge in [0.25, 0.3) is 5.91 Å². The molecule has 138 valence electrons. The minimum absolute atomic E-state index is 0.130. The van der Waals surface area contributed by atoms with Crippen molar-refractivity contribution in [3.63, 3.8) is 0 Å². The molecule has 6 heteroatoms. The Hall–Kier alpha value is -2.78. The van der Waals surface area contributed by atoms with E-state index in [9.17, 15) is 9.59 Å². The van der Waals surface area contributed by atoms with Crippen LogP contribution in [0.15, 0.2) is 53.4 Å². The second-order valence-electron chi connectivity index (χ2n) is 6.36. The summed E-state index contributed by atoms with van der Waals surface area (Å²) in [5.74, 6) is 0.307. The summed E-state index contributed by atoms with van der Waals surface area (Å²) in [7, 11) is 0. The van der Waals surface area contributed by atoms with Crippen LogP contribution in [0.3, 0.4) is 0 Å². The van der Waals surface area contributed by atoms with E-state index in [0.717, 1.165) is 36.4 Å². The second-order valence-corrected chi connectivity index (χ2v) is 7.38. The Morgan fingerprint density at radius 1 is 1.07 bits per heavy atom. The fraction of sp³-hybridized carbons (Fsp3) is 0.286. The minimum atomic E-state index is -0.170. The highest BCUT2D eigenvalue weighted by molar-refractivity contribution is 8.00. The lowest BCUT2D eigenvalue weighted by atomic mass is 10.1. The standard InChI is InChI=1S/C21H21N3O2S/c22-13-16-7-9-17(10-8-16)14-23-21(26)18-5-1-2-6-19(18)27-15-20(25)24-11-3-4-12-24/h1-2,5-10H,3-4,11-12,14-15H2,(H,23,26). The molecule has 0 aromatic heterocycles. The van der Waals surface area contributed by atoms with Crippen LogP contribution < -0.4 is 5.32 Å². The molecule has 0 radical (unpaired) electrons. The third-order valence-electron chi connectivity index (χ3n) is 4.48. The molecule has 0 atom stereocenters. The van der Waals surface area contributed by atoms with Gasteiger partial charge in [0.1, 0.15) is 0 Å². The van der Waals surface area contributed by atoms with Gasteiger partial charge in [-0.15, -0.1) is 11.8 Å². The largest absolute Gasteiger partial charge is 0.348 e. The van der Waals surface area contributed by atoms with Crippen molar-refractivity contribution >= 4 is 23.6 Å². The molecule has 1 fully saturated rings. The van der Waals surface area contributed by atoms with Gasteiger partial charge in [-0.2, -0.15) is 5.26 Å². The van der Waals surface area contributed by atoms with Crippen LogP contribution in [-0.2, 0) is 11.3 Å². The zero-order valence-electron chi connectivity index (χ0n) is 15.0. The first-order valence-electron chi connectivity index (χ1n) is 8.94. The zero-order valence-corrected chi connectivity index (χ0v) is 15.8. The summed E-state index contributed by atoms with van der Waals surface area (Å²) in [5, 5.41) is 11.7. The van der Waals surface area contributed by atoms with Crippen LogP contribution in [0.1, 0.15) is 34.3 Å². The number of hydrogen-bond acceptors (Lipinski definition) is 4. The molecule has 1 aliphatic rings. The maximum atomic E-state index is 12.6. The zero-order chi connectivity index (χ0) is 19.1. The first-order chi connectivity index (χ1) is 13.2. The molecule has 1 N–H and O–H groups in total. The van der Waals surface area contributed by atoms with E-state index in [1.54, 1.807) is 18.2 Å². The van der Waals surface area contributed by atoms with Gasteiger partial charge >= 0.3 is 0 Å². The summed E-state index contributed by atoms with van der Waals surface area (Å²) >= 11 is 1.41. The van der Waals surface area contributed by atoms with E-state index >= 15 is 0 Å². The Labute approximate surface area is 163 Å². The second kappa shape index (κ2) is 9.24. The number of hydrogen-bond donors (Lipinski definition) is 1. The van der Waals surface area contributed by atoms with Crippen LogP contribution in [0.25, 0.3) is 0 Å². The molecular weight excluding hydrogens is 358 g/mol. The SMILES string of the molecule is N#Cc1ccc(CNC(=O)c2ccccc2SCC(=O)N2CCCC2)cc1. The van der Waals surface area contributed by atoms with E-state index in [4.69, 9.17) is 5.26 Å². The van der Waals surface area contributed by atoms with Gasteiger partial charge in [-0.1, -0.05) is 24.3 Å². The number of rotatable bonds is 6. The van der Waals surface area contributed by atoms with Gasteiger partial charge in [0, 0.05) is 24.5 Å². The Bertz CT molecular complexity index is 852. The fourth-order valence-corrected chi connectivity index (χ4v) is 3.90. The molecule has 5 nitrogen and oxygen atoms in total. The van der Waals surface area contributed by atoms with Gasteiger partial charge in [0.05, 0.1) is 22.9 Å². The number of likely N-dealkylation sites (tertiary alicyclic amines) is 1. The van der Waals surface area contributed by atoms with E-state index in [-0.39, 0.29) is 11.8 Å². The summed E-state index contributed by atoms with van der Waals surface area (Å²) in [6.45, 7) is 2.06. The van der Waals surface area contributed by atoms with Crippen LogP contribution in [0, 0.1) is 11.3 Å². The number of nitrogens with one attached hydrogen (secondary N) is 1. The van der Waals surface area contributed by atoms with Crippen molar-refractivity contribution in [3.8, 4) is 6.07 Å². The molecule has 3 rings (SSSR count). The molecule has 0 spiro atoms. The first-order valence-corrected chi connectivity index (χ1v) is 9.93. The number of carbonyl (C=O) groups excluding carboxylic acids is 2. The maximum Gasteiger partial charge on any atom is 0.252 e. The number of nitrogens with zero attached hydrogens (tertiary/aromatic N) is 2. The molecule has 2 amide bonds. The number of thioether (sulfide) groups is 1. The molecule has 2 aromatic rings. The molecule has 0 saturated carbocycles. The van der Waals surface area contributed by atoms with Crippen molar-refractivity contribution < 1.29 is 9.59 Å². The lowest BCUT2D eigenvalue weighted by molar-refractivity contribution is -0.127. The molecule has 2 aromatic carbocycles. The Balaban J connectivity index is 1.59. The molecular formula is C21H21N3O2S. The summed E-state index contributed by atoms with van der Waals surface area (Å²) in [4.78, 5) is 27.5. The van der Waals surface area contributed by atoms with E-state index < -0.39 is 0 Å². The van der Waals surface area contributed by atoms with Crippen LogP contribution in [0.4, 0.5) is 0 Å². The fourth-order valence-electron chi connectivity index (χ4n) is 2.95. The maximum absolute atomic E-state index is 12.6. The molecule has 1 heterocycles. The molecule has 1 saturated heterocycles. The highest BCUT2D eigenvalue weighted by Crippen LogP contribution is 2.24. The Morgan fingerprint density at radius 2 is 1.78 bits per heavy atom. The third-order valence-corrected chi connectivity index (χ3v) is 5.54. The van der Waals surface area contributed by atoms with Crippen LogP contribution >= 0.6 is 11.8 Å². The monoisotopic (exact) mass is 379 g/mol. The average molecular weight is 379 g/mol. The van der Waals surface area contributed by atoms with Gasteiger partial charge in [-0.05, 0) is 42.7 Å². The summed E-state index contributed by atoms with van der Waals surface area (Å²) in [6.07, 6.45) is 2.15. The predicted octanol–water partition coefficient (Wildman–Crippen LogP) is 3.20. The van der Waals surface area contributed by atoms with Gasteiger partial charge in [0.15, 0.2) is 0 Å². The van der Waals surface area contributed by atoms with E-state index in [0.29, 0.717) is 23.4 Å². The number of carbonyl (C=O) groups is 2. The highest BCUT2D eigenvalue weighted by Gasteiger charge is 2.19. The quantitative estimate of drug-likeness (QED) is 0.782. The van der Waals surface area contributed by atoms with Crippen molar-refractivity contribution in [3.05, 3.63) is 65.2 Å². The summed E-state index contributed by atoms with van der Waals surface area (Å²) in [5.41, 5.74) is 2.09. The summed E-state index contributed by atoms with van der Waals surface area (Å²) in [6, 6.07) is 16.5. The number of nitriles is 1. The molecule has 0 unspecified atom stereocenters. The number of amides is 2. The van der Waals surface area contributed by atoms with Crippen molar-refractivity contribution in [2.45, 2.75) is 24.3 Å². The first kappa shape index (κ1) is 19.0. The average Bonchev–Trinajstić information content (AvgIpc) is 3.26. The molecule has 0 aliphatic carbocycles. The topological polar surface area (TPSA) is 73.2 Å². The van der Waals surface area contributed by atoms with Crippen LogP contribution in [0.5, 0.6) is 0 Å². The lowest BCUT2D eigenvalue weighted by Gasteiger charge is -2.15. The summed E-state index contributed by atoms with van der Waals surface area (Å²) < 4.78 is 0. The van der Waals surface area contributed by atoms with Gasteiger partial charge in [-0.25, -0.2) is 0 Å². The highest BCUT2D eigenvalue weighted by atomic mass is 32.2. The molecule has 0 bridgehead atoms. The van der Waals surface area contributed by atoms with E-state index in [1.165, 1.54) is 11.8 Å². The van der Waals surface area contributed by atoms with Gasteiger partial charge in [-0.3, -0.25) is 9.59 Å². The third kappa shape index (κ3) is 5.11. The van der Waals surface area contributed by atoms with E-state index in [1.807, 2.05) is 35.2 Å². The smallest absolute Gasteiger partial charge is 0.252 e. The van der Waals surface area contributed by atoms with Gasteiger partial charge in [0.2, 0.25) is 5.91 Å². The van der Waals surface area contributed by atoms with Crippen LogP contribution in [-0.4, -0.2) is 35.6 Å². The predicted molar refractivity (Wildman–Crippen MR) is 105 cm³/mol. The van der Waals surface area contributed by atoms with Crippen molar-refractivity contribution in [2.24, 2.45) is 0 Å². The molecule has 27 heavy (non-hydrogen) atoms. The van der Waals surface area contributed by atoms with Crippen molar-refractivity contribution in [2.75, 3.05) is 18.8 Å². The lowest BCUT2D eigenvalue weighted by Crippen LogP contribution is -2.29. The molecule has 1 aliphatic heterocycles. The Morgan fingerprint density at radius 3 is 2.48 bits per heavy atom. The van der Waals surface area contributed by atoms with Crippen molar-refractivity contribution in [1.82, 2.24) is 10.2 Å². The normalized spacial score (nSPS) is 13.2. The van der Waals surface area contributed by atoms with Gasteiger partial charge < -0.3 is 10.2 Å². The number of benzene rings is 2. The Kier molecular flexibility index (Phi) is 6.50.